The van der Waals surface area contributed by atoms with E-state index in [2.05, 4.69) is 10.3 Å². The van der Waals surface area contributed by atoms with Gasteiger partial charge in [-0.2, -0.15) is 0 Å². The summed E-state index contributed by atoms with van der Waals surface area (Å²) in [5, 5.41) is 7.96. The number of nitrogens with zero attached hydrogens (tertiary/aromatic N) is 3. The Morgan fingerprint density at radius 2 is 2.50 bits per heavy atom. The van der Waals surface area contributed by atoms with Gasteiger partial charge in [-0.15, -0.1) is 5.10 Å². The molecule has 0 radical (unpaired) electrons. The molecule has 0 aliphatic carbocycles. The maximum Gasteiger partial charge on any atom is 0.0796 e. The summed E-state index contributed by atoms with van der Waals surface area (Å²) in [6.07, 6.45) is 7.20. The number of aryl methyl sites for hydroxylation is 2. The molecule has 2 rings (SSSR count). The van der Waals surface area contributed by atoms with E-state index in [1.165, 1.54) is 19.3 Å². The van der Waals surface area contributed by atoms with Gasteiger partial charge < -0.3 is 4.74 Å². The molecule has 0 spiro atoms. The number of hydrogen-bond donors (Lipinski definition) is 0. The Hall–Kier alpha value is -0.900. The highest BCUT2D eigenvalue weighted by molar-refractivity contribution is 4.86. The third-order valence-electron chi connectivity index (χ3n) is 2.61. The zero-order valence-electron chi connectivity index (χ0n) is 8.65. The van der Waals surface area contributed by atoms with Crippen LogP contribution in [0.15, 0.2) is 6.20 Å². The van der Waals surface area contributed by atoms with Gasteiger partial charge >= 0.3 is 0 Å². The summed E-state index contributed by atoms with van der Waals surface area (Å²) in [5.41, 5.74) is 0.981. The molecule has 1 aliphatic rings. The molecule has 78 valence electrons. The van der Waals surface area contributed by atoms with Crippen molar-refractivity contribution in [2.75, 3.05) is 6.61 Å². The smallest absolute Gasteiger partial charge is 0.0796 e. The molecule has 14 heavy (non-hydrogen) atoms. The molecule has 4 heteroatoms. The third kappa shape index (κ3) is 2.54. The first-order valence-electron chi connectivity index (χ1n) is 5.33. The molecule has 4 nitrogen and oxygen atoms in total. The second kappa shape index (κ2) is 4.55. The SMILES string of the molecule is Cc1cn(CCC2CCCCO2)nn1. The van der Waals surface area contributed by atoms with E-state index in [0.29, 0.717) is 6.10 Å². The van der Waals surface area contributed by atoms with Crippen molar-refractivity contribution in [3.63, 3.8) is 0 Å². The van der Waals surface area contributed by atoms with E-state index in [1.807, 2.05) is 17.8 Å². The van der Waals surface area contributed by atoms with Gasteiger partial charge in [0, 0.05) is 19.3 Å². The second-order valence-electron chi connectivity index (χ2n) is 3.90. The zero-order chi connectivity index (χ0) is 9.80. The van der Waals surface area contributed by atoms with Crippen LogP contribution in [0.4, 0.5) is 0 Å². The highest BCUT2D eigenvalue weighted by Gasteiger charge is 2.13. The maximum absolute atomic E-state index is 5.64. The molecule has 1 aromatic rings. The van der Waals surface area contributed by atoms with Gasteiger partial charge in [0.1, 0.15) is 0 Å². The molecule has 1 unspecified atom stereocenters. The second-order valence-corrected chi connectivity index (χ2v) is 3.90. The van der Waals surface area contributed by atoms with Crippen LogP contribution in [-0.4, -0.2) is 27.7 Å². The summed E-state index contributed by atoms with van der Waals surface area (Å²) in [5.74, 6) is 0. The lowest BCUT2D eigenvalue weighted by atomic mass is 10.1. The Balaban J connectivity index is 1.76. The molecule has 0 saturated carbocycles. The van der Waals surface area contributed by atoms with Crippen LogP contribution in [-0.2, 0) is 11.3 Å². The number of hydrogen-bond acceptors (Lipinski definition) is 3. The van der Waals surface area contributed by atoms with Crippen molar-refractivity contribution >= 4 is 0 Å². The molecular formula is C10H17N3O. The molecule has 0 bridgehead atoms. The van der Waals surface area contributed by atoms with Gasteiger partial charge in [-0.3, -0.25) is 4.68 Å². The molecule has 0 aromatic carbocycles. The van der Waals surface area contributed by atoms with Gasteiger partial charge in [-0.1, -0.05) is 5.21 Å². The Morgan fingerprint density at radius 3 is 3.14 bits per heavy atom. The van der Waals surface area contributed by atoms with Crippen LogP contribution in [0.5, 0.6) is 0 Å². The largest absolute Gasteiger partial charge is 0.378 e. The van der Waals surface area contributed by atoms with E-state index < -0.39 is 0 Å². The van der Waals surface area contributed by atoms with Crippen molar-refractivity contribution in [2.45, 2.75) is 45.3 Å². The average Bonchev–Trinajstić information content (AvgIpc) is 2.63. The predicted octanol–water partition coefficient (Wildman–Crippen LogP) is 1.55. The molecule has 1 fully saturated rings. The van der Waals surface area contributed by atoms with Crippen LogP contribution in [0, 0.1) is 6.92 Å². The average molecular weight is 195 g/mol. The summed E-state index contributed by atoms with van der Waals surface area (Å²) in [6, 6.07) is 0. The standard InChI is InChI=1S/C10H17N3O/c1-9-8-13(12-11-9)6-5-10-4-2-3-7-14-10/h8,10H,2-7H2,1H3. The fourth-order valence-electron chi connectivity index (χ4n) is 1.82. The quantitative estimate of drug-likeness (QED) is 0.734. The van der Waals surface area contributed by atoms with Crippen LogP contribution in [0.3, 0.4) is 0 Å². The minimum Gasteiger partial charge on any atom is -0.378 e. The number of rotatable bonds is 3. The molecule has 1 aliphatic heterocycles. The molecular weight excluding hydrogens is 178 g/mol. The van der Waals surface area contributed by atoms with Crippen LogP contribution >= 0.6 is 0 Å². The Bertz CT molecular complexity index is 279. The zero-order valence-corrected chi connectivity index (χ0v) is 8.65. The van der Waals surface area contributed by atoms with Gasteiger partial charge in [0.2, 0.25) is 0 Å². The lowest BCUT2D eigenvalue weighted by Crippen LogP contribution is -2.20. The van der Waals surface area contributed by atoms with E-state index in [-0.39, 0.29) is 0 Å². The monoisotopic (exact) mass is 195 g/mol. The molecule has 1 saturated heterocycles. The number of ether oxygens (including phenoxy) is 1. The normalized spacial score (nSPS) is 22.5. The van der Waals surface area contributed by atoms with Gasteiger partial charge in [-0.25, -0.2) is 0 Å². The molecule has 2 heterocycles. The minimum atomic E-state index is 0.438. The molecule has 1 atom stereocenters. The van der Waals surface area contributed by atoms with Crippen molar-refractivity contribution in [3.05, 3.63) is 11.9 Å². The Kier molecular flexibility index (Phi) is 3.14. The third-order valence-corrected chi connectivity index (χ3v) is 2.61. The summed E-state index contributed by atoms with van der Waals surface area (Å²) in [7, 11) is 0. The molecule has 0 N–H and O–H groups in total. The summed E-state index contributed by atoms with van der Waals surface area (Å²) in [6.45, 7) is 3.81. The van der Waals surface area contributed by atoms with Crippen molar-refractivity contribution < 1.29 is 4.74 Å². The summed E-state index contributed by atoms with van der Waals surface area (Å²) >= 11 is 0. The first-order valence-corrected chi connectivity index (χ1v) is 5.33. The summed E-state index contributed by atoms with van der Waals surface area (Å²) < 4.78 is 7.54. The topological polar surface area (TPSA) is 39.9 Å². The van der Waals surface area contributed by atoms with E-state index in [9.17, 15) is 0 Å². The van der Waals surface area contributed by atoms with E-state index >= 15 is 0 Å². The maximum atomic E-state index is 5.64. The predicted molar refractivity (Wildman–Crippen MR) is 53.0 cm³/mol. The summed E-state index contributed by atoms with van der Waals surface area (Å²) in [4.78, 5) is 0. The van der Waals surface area contributed by atoms with E-state index in [4.69, 9.17) is 4.74 Å². The lowest BCUT2D eigenvalue weighted by molar-refractivity contribution is 0.00820. The molecule has 0 amide bonds. The highest BCUT2D eigenvalue weighted by Crippen LogP contribution is 2.15. The van der Waals surface area contributed by atoms with E-state index in [0.717, 1.165) is 25.3 Å². The fraction of sp³-hybridized carbons (Fsp3) is 0.800. The minimum absolute atomic E-state index is 0.438. The first kappa shape index (κ1) is 9.65. The van der Waals surface area contributed by atoms with Gasteiger partial charge in [0.05, 0.1) is 11.8 Å². The van der Waals surface area contributed by atoms with Crippen molar-refractivity contribution in [1.29, 1.82) is 0 Å². The highest BCUT2D eigenvalue weighted by atomic mass is 16.5. The molecule has 1 aromatic heterocycles. The van der Waals surface area contributed by atoms with Crippen LogP contribution < -0.4 is 0 Å². The van der Waals surface area contributed by atoms with Crippen LogP contribution in [0.1, 0.15) is 31.4 Å². The van der Waals surface area contributed by atoms with Crippen molar-refractivity contribution in [1.82, 2.24) is 15.0 Å². The van der Waals surface area contributed by atoms with Gasteiger partial charge in [-0.05, 0) is 32.6 Å². The van der Waals surface area contributed by atoms with Gasteiger partial charge in [0.15, 0.2) is 0 Å². The Morgan fingerprint density at radius 1 is 1.57 bits per heavy atom. The lowest BCUT2D eigenvalue weighted by Gasteiger charge is -2.22. The van der Waals surface area contributed by atoms with Crippen molar-refractivity contribution in [2.24, 2.45) is 0 Å². The van der Waals surface area contributed by atoms with Gasteiger partial charge in [0.25, 0.3) is 0 Å². The van der Waals surface area contributed by atoms with Crippen LogP contribution in [0.25, 0.3) is 0 Å². The fourth-order valence-corrected chi connectivity index (χ4v) is 1.82. The first-order chi connectivity index (χ1) is 6.84. The van der Waals surface area contributed by atoms with E-state index in [1.54, 1.807) is 0 Å². The Labute approximate surface area is 84.3 Å². The number of aromatic nitrogens is 3. The van der Waals surface area contributed by atoms with Crippen molar-refractivity contribution in [3.8, 4) is 0 Å². The van der Waals surface area contributed by atoms with Crippen LogP contribution in [0.2, 0.25) is 0 Å².